The first-order valence-electron chi connectivity index (χ1n) is 7.06. The van der Waals surface area contributed by atoms with Crippen molar-refractivity contribution in [1.82, 2.24) is 10.2 Å². The molecule has 4 nitrogen and oxygen atoms in total. The zero-order valence-electron chi connectivity index (χ0n) is 12.5. The number of rotatable bonds is 5. The number of nitrogens with one attached hydrogen (secondary N) is 1. The van der Waals surface area contributed by atoms with E-state index in [1.54, 1.807) is 14.2 Å². The third-order valence-electron chi connectivity index (χ3n) is 3.75. The number of benzene rings is 1. The van der Waals surface area contributed by atoms with Crippen LogP contribution in [-0.2, 0) is 13.0 Å². The summed E-state index contributed by atoms with van der Waals surface area (Å²) in [6, 6.07) is 1.97. The highest BCUT2D eigenvalue weighted by Crippen LogP contribution is 2.39. The molecule has 0 spiro atoms. The first kappa shape index (κ1) is 15.4. The molecule has 1 N–H and O–H groups in total. The molecule has 1 heterocycles. The van der Waals surface area contributed by atoms with Crippen LogP contribution in [-0.4, -0.2) is 45.3 Å². The zero-order chi connectivity index (χ0) is 14.5. The number of hydrogen-bond donors (Lipinski definition) is 1. The maximum atomic E-state index is 6.56. The van der Waals surface area contributed by atoms with Crippen molar-refractivity contribution in [2.75, 3.05) is 40.4 Å². The van der Waals surface area contributed by atoms with Gasteiger partial charge in [0.2, 0.25) is 0 Å². The molecule has 0 bridgehead atoms. The van der Waals surface area contributed by atoms with Crippen LogP contribution in [0.4, 0.5) is 0 Å². The molecule has 0 unspecified atom stereocenters. The van der Waals surface area contributed by atoms with Crippen LogP contribution in [0.15, 0.2) is 6.07 Å². The molecule has 0 saturated carbocycles. The molecule has 5 heteroatoms. The molecule has 0 amide bonds. The number of aryl methyl sites for hydroxylation is 1. The fourth-order valence-electron chi connectivity index (χ4n) is 2.60. The summed E-state index contributed by atoms with van der Waals surface area (Å²) in [6.45, 7) is 6.99. The quantitative estimate of drug-likeness (QED) is 0.904. The molecule has 1 aliphatic heterocycles. The minimum Gasteiger partial charge on any atom is -0.493 e. The van der Waals surface area contributed by atoms with Crippen molar-refractivity contribution < 1.29 is 9.47 Å². The van der Waals surface area contributed by atoms with Crippen LogP contribution in [0.3, 0.4) is 0 Å². The second-order valence-corrected chi connectivity index (χ2v) is 5.32. The largest absolute Gasteiger partial charge is 0.493 e. The van der Waals surface area contributed by atoms with Gasteiger partial charge in [-0.25, -0.2) is 0 Å². The number of piperazine rings is 1. The number of hydrogen-bond acceptors (Lipinski definition) is 4. The fourth-order valence-corrected chi connectivity index (χ4v) is 2.93. The average Bonchev–Trinajstić information content (AvgIpc) is 2.50. The summed E-state index contributed by atoms with van der Waals surface area (Å²) in [7, 11) is 3.33. The average molecular weight is 299 g/mol. The molecule has 1 aromatic carbocycles. The SMILES string of the molecule is CCc1cc(OC)c(OC)c(CN2CCNCC2)c1Cl. The van der Waals surface area contributed by atoms with E-state index in [0.29, 0.717) is 0 Å². The summed E-state index contributed by atoms with van der Waals surface area (Å²) in [4.78, 5) is 2.39. The van der Waals surface area contributed by atoms with Crippen LogP contribution in [0.5, 0.6) is 11.5 Å². The van der Waals surface area contributed by atoms with Crippen molar-refractivity contribution in [2.45, 2.75) is 19.9 Å². The van der Waals surface area contributed by atoms with Crippen LogP contribution in [0.1, 0.15) is 18.1 Å². The van der Waals surface area contributed by atoms with Gasteiger partial charge in [0.25, 0.3) is 0 Å². The summed E-state index contributed by atoms with van der Waals surface area (Å²) in [5, 5.41) is 4.17. The van der Waals surface area contributed by atoms with Crippen molar-refractivity contribution in [1.29, 1.82) is 0 Å². The highest BCUT2D eigenvalue weighted by molar-refractivity contribution is 6.32. The molecular weight excluding hydrogens is 276 g/mol. The number of methoxy groups -OCH3 is 2. The zero-order valence-corrected chi connectivity index (χ0v) is 13.2. The fraction of sp³-hybridized carbons (Fsp3) is 0.600. The Kier molecular flexibility index (Phi) is 5.52. The van der Waals surface area contributed by atoms with Gasteiger partial charge in [0, 0.05) is 38.3 Å². The lowest BCUT2D eigenvalue weighted by Crippen LogP contribution is -2.43. The molecule has 20 heavy (non-hydrogen) atoms. The van der Waals surface area contributed by atoms with E-state index in [1.807, 2.05) is 6.07 Å². The predicted octanol–water partition coefficient (Wildman–Crippen LogP) is 2.32. The lowest BCUT2D eigenvalue weighted by molar-refractivity contribution is 0.229. The van der Waals surface area contributed by atoms with Gasteiger partial charge < -0.3 is 14.8 Å². The van der Waals surface area contributed by atoms with Crippen molar-refractivity contribution in [3.8, 4) is 11.5 Å². The first-order chi connectivity index (χ1) is 9.71. The molecule has 1 fully saturated rings. The van der Waals surface area contributed by atoms with Gasteiger partial charge in [-0.1, -0.05) is 18.5 Å². The van der Waals surface area contributed by atoms with Crippen LogP contribution in [0.25, 0.3) is 0 Å². The van der Waals surface area contributed by atoms with E-state index in [0.717, 1.165) is 66.8 Å². The maximum absolute atomic E-state index is 6.56. The second kappa shape index (κ2) is 7.16. The van der Waals surface area contributed by atoms with Gasteiger partial charge in [-0.3, -0.25) is 4.90 Å². The predicted molar refractivity (Wildman–Crippen MR) is 82.1 cm³/mol. The standard InChI is InChI=1S/C15H23ClN2O2/c1-4-11-9-13(19-2)15(20-3)12(14(11)16)10-18-7-5-17-6-8-18/h9,17H,4-8,10H2,1-3H3. The maximum Gasteiger partial charge on any atom is 0.166 e. The van der Waals surface area contributed by atoms with Gasteiger partial charge in [0.05, 0.1) is 19.2 Å². The van der Waals surface area contributed by atoms with Crippen LogP contribution in [0, 0.1) is 0 Å². The molecule has 1 aliphatic rings. The Labute approximate surface area is 126 Å². The smallest absolute Gasteiger partial charge is 0.166 e. The molecule has 112 valence electrons. The first-order valence-corrected chi connectivity index (χ1v) is 7.44. The van der Waals surface area contributed by atoms with Gasteiger partial charge in [0.15, 0.2) is 11.5 Å². The Hall–Kier alpha value is -0.970. The van der Waals surface area contributed by atoms with E-state index >= 15 is 0 Å². The molecular formula is C15H23ClN2O2. The third kappa shape index (κ3) is 3.19. The molecule has 0 aliphatic carbocycles. The Morgan fingerprint density at radius 3 is 2.50 bits per heavy atom. The number of halogens is 1. The second-order valence-electron chi connectivity index (χ2n) is 4.94. The van der Waals surface area contributed by atoms with Gasteiger partial charge in [-0.15, -0.1) is 0 Å². The van der Waals surface area contributed by atoms with Crippen LogP contribution < -0.4 is 14.8 Å². The topological polar surface area (TPSA) is 33.7 Å². The van der Waals surface area contributed by atoms with Gasteiger partial charge in [-0.05, 0) is 18.1 Å². The van der Waals surface area contributed by atoms with E-state index in [9.17, 15) is 0 Å². The minimum absolute atomic E-state index is 0.758. The van der Waals surface area contributed by atoms with Gasteiger partial charge >= 0.3 is 0 Å². The minimum atomic E-state index is 0.758. The molecule has 0 aromatic heterocycles. The van der Waals surface area contributed by atoms with E-state index in [2.05, 4.69) is 17.1 Å². The van der Waals surface area contributed by atoms with Crippen molar-refractivity contribution in [2.24, 2.45) is 0 Å². The highest BCUT2D eigenvalue weighted by Gasteiger charge is 2.20. The molecule has 0 radical (unpaired) electrons. The summed E-state index contributed by atoms with van der Waals surface area (Å²) >= 11 is 6.56. The molecule has 1 saturated heterocycles. The van der Waals surface area contributed by atoms with E-state index in [4.69, 9.17) is 21.1 Å². The van der Waals surface area contributed by atoms with Gasteiger partial charge in [-0.2, -0.15) is 0 Å². The Balaban J connectivity index is 2.36. The summed E-state index contributed by atoms with van der Waals surface area (Å²) in [6.07, 6.45) is 0.883. The summed E-state index contributed by atoms with van der Waals surface area (Å²) < 4.78 is 11.0. The Morgan fingerprint density at radius 1 is 1.25 bits per heavy atom. The molecule has 1 aromatic rings. The molecule has 2 rings (SSSR count). The summed E-state index contributed by atoms with van der Waals surface area (Å²) in [5.41, 5.74) is 2.14. The number of nitrogens with zero attached hydrogens (tertiary/aromatic N) is 1. The lowest BCUT2D eigenvalue weighted by atomic mass is 10.1. The summed E-state index contributed by atoms with van der Waals surface area (Å²) in [5.74, 6) is 1.52. The normalized spacial score (nSPS) is 16.2. The van der Waals surface area contributed by atoms with Crippen molar-refractivity contribution in [3.05, 3.63) is 22.2 Å². The number of ether oxygens (including phenoxy) is 2. The third-order valence-corrected chi connectivity index (χ3v) is 4.22. The van der Waals surface area contributed by atoms with Crippen molar-refractivity contribution >= 4 is 11.6 Å². The van der Waals surface area contributed by atoms with Crippen LogP contribution >= 0.6 is 11.6 Å². The van der Waals surface area contributed by atoms with E-state index in [-0.39, 0.29) is 0 Å². The lowest BCUT2D eigenvalue weighted by Gasteiger charge is -2.29. The van der Waals surface area contributed by atoms with Gasteiger partial charge in [0.1, 0.15) is 0 Å². The highest BCUT2D eigenvalue weighted by atomic mass is 35.5. The van der Waals surface area contributed by atoms with E-state index in [1.165, 1.54) is 0 Å². The Bertz CT molecular complexity index is 460. The van der Waals surface area contributed by atoms with Crippen molar-refractivity contribution in [3.63, 3.8) is 0 Å². The molecule has 0 atom stereocenters. The van der Waals surface area contributed by atoms with Crippen LogP contribution in [0.2, 0.25) is 5.02 Å². The monoisotopic (exact) mass is 298 g/mol. The van der Waals surface area contributed by atoms with E-state index < -0.39 is 0 Å². The Morgan fingerprint density at radius 2 is 1.95 bits per heavy atom.